The predicted molar refractivity (Wildman–Crippen MR) is 89.2 cm³/mol. The van der Waals surface area contributed by atoms with E-state index in [9.17, 15) is 9.18 Å². The predicted octanol–water partition coefficient (Wildman–Crippen LogP) is 2.81. The third-order valence-corrected chi connectivity index (χ3v) is 4.13. The van der Waals surface area contributed by atoms with E-state index in [0.717, 1.165) is 17.0 Å². The molecule has 1 saturated carbocycles. The molecule has 0 spiro atoms. The standard InChI is InChI=1S/C18H16FN5O/c19-13-5-3-12(4-6-13)16-8-17(24-23-16)18(25)20-9-14-7-15(11-1-2-11)22-10-21-14/h3-8,10-11H,1-2,9H2,(H,20,25)(H,23,24). The van der Waals surface area contributed by atoms with Crippen LogP contribution in [-0.2, 0) is 6.54 Å². The molecule has 0 radical (unpaired) electrons. The second kappa shape index (κ2) is 6.43. The number of halogens is 1. The third kappa shape index (κ3) is 3.55. The van der Waals surface area contributed by atoms with Crippen molar-refractivity contribution in [3.8, 4) is 11.3 Å². The molecule has 0 bridgehead atoms. The molecule has 4 rings (SSSR count). The Morgan fingerprint density at radius 2 is 2.00 bits per heavy atom. The van der Waals surface area contributed by atoms with Gasteiger partial charge in [-0.05, 0) is 49.2 Å². The van der Waals surface area contributed by atoms with E-state index in [4.69, 9.17) is 0 Å². The van der Waals surface area contributed by atoms with Crippen LogP contribution in [0.15, 0.2) is 42.7 Å². The summed E-state index contributed by atoms with van der Waals surface area (Å²) in [6.45, 7) is 0.325. The monoisotopic (exact) mass is 337 g/mol. The molecule has 1 fully saturated rings. The van der Waals surface area contributed by atoms with Crippen LogP contribution in [0.1, 0.15) is 40.6 Å². The Labute approximate surface area is 143 Å². The second-order valence-electron chi connectivity index (χ2n) is 6.06. The van der Waals surface area contributed by atoms with Crippen molar-refractivity contribution in [3.63, 3.8) is 0 Å². The quantitative estimate of drug-likeness (QED) is 0.750. The molecular formula is C18H16FN5O. The van der Waals surface area contributed by atoms with Gasteiger partial charge in [-0.3, -0.25) is 9.89 Å². The number of nitrogens with one attached hydrogen (secondary N) is 2. The lowest BCUT2D eigenvalue weighted by Crippen LogP contribution is -2.23. The first-order chi connectivity index (χ1) is 12.2. The van der Waals surface area contributed by atoms with Crippen molar-refractivity contribution in [2.45, 2.75) is 25.3 Å². The highest BCUT2D eigenvalue weighted by atomic mass is 19.1. The molecule has 6 nitrogen and oxygen atoms in total. The number of H-pyrrole nitrogens is 1. The zero-order valence-electron chi connectivity index (χ0n) is 13.4. The van der Waals surface area contributed by atoms with Crippen LogP contribution in [0.2, 0.25) is 0 Å². The number of amides is 1. The van der Waals surface area contributed by atoms with Crippen molar-refractivity contribution < 1.29 is 9.18 Å². The molecule has 0 unspecified atom stereocenters. The van der Waals surface area contributed by atoms with Crippen molar-refractivity contribution >= 4 is 5.91 Å². The molecule has 0 saturated heterocycles. The number of rotatable bonds is 5. The van der Waals surface area contributed by atoms with Crippen LogP contribution in [0.4, 0.5) is 4.39 Å². The first kappa shape index (κ1) is 15.4. The van der Waals surface area contributed by atoms with Crippen LogP contribution in [0, 0.1) is 5.82 Å². The molecule has 3 aromatic rings. The molecule has 2 N–H and O–H groups in total. The van der Waals surface area contributed by atoms with Gasteiger partial charge in [0.25, 0.3) is 5.91 Å². The minimum absolute atomic E-state index is 0.271. The number of nitrogens with zero attached hydrogens (tertiary/aromatic N) is 3. The number of carbonyl (C=O) groups excluding carboxylic acids is 1. The molecule has 1 aromatic carbocycles. The number of benzene rings is 1. The maximum atomic E-state index is 13.0. The van der Waals surface area contributed by atoms with Gasteiger partial charge in [0.15, 0.2) is 0 Å². The van der Waals surface area contributed by atoms with Gasteiger partial charge in [0.1, 0.15) is 17.8 Å². The molecule has 0 atom stereocenters. The van der Waals surface area contributed by atoms with Gasteiger partial charge in [-0.1, -0.05) is 0 Å². The minimum atomic E-state index is -0.312. The molecule has 126 valence electrons. The Bertz CT molecular complexity index is 902. The normalized spacial score (nSPS) is 13.6. The van der Waals surface area contributed by atoms with Crippen molar-refractivity contribution in [2.24, 2.45) is 0 Å². The van der Waals surface area contributed by atoms with Gasteiger partial charge in [0.2, 0.25) is 0 Å². The summed E-state index contributed by atoms with van der Waals surface area (Å²) >= 11 is 0. The van der Waals surface area contributed by atoms with E-state index in [1.54, 1.807) is 18.2 Å². The van der Waals surface area contributed by atoms with E-state index >= 15 is 0 Å². The number of hydrogen-bond donors (Lipinski definition) is 2. The summed E-state index contributed by atoms with van der Waals surface area (Å²) in [5, 5.41) is 9.63. The molecule has 1 aliphatic carbocycles. The number of aromatic amines is 1. The Kier molecular flexibility index (Phi) is 3.97. The Morgan fingerprint density at radius 1 is 1.20 bits per heavy atom. The fourth-order valence-electron chi connectivity index (χ4n) is 2.59. The lowest BCUT2D eigenvalue weighted by atomic mass is 10.1. The van der Waals surface area contributed by atoms with E-state index < -0.39 is 0 Å². The maximum absolute atomic E-state index is 13.0. The highest BCUT2D eigenvalue weighted by Crippen LogP contribution is 2.38. The van der Waals surface area contributed by atoms with Gasteiger partial charge in [-0.15, -0.1) is 0 Å². The summed E-state index contributed by atoms with van der Waals surface area (Å²) in [6, 6.07) is 9.53. The average Bonchev–Trinajstić information content (AvgIpc) is 3.38. The van der Waals surface area contributed by atoms with Crippen LogP contribution >= 0.6 is 0 Å². The van der Waals surface area contributed by atoms with Gasteiger partial charge in [-0.25, -0.2) is 14.4 Å². The Hall–Kier alpha value is -3.09. The summed E-state index contributed by atoms with van der Waals surface area (Å²) in [6.07, 6.45) is 3.88. The molecule has 25 heavy (non-hydrogen) atoms. The largest absolute Gasteiger partial charge is 0.345 e. The summed E-state index contributed by atoms with van der Waals surface area (Å²) in [4.78, 5) is 20.7. The molecular weight excluding hydrogens is 321 g/mol. The minimum Gasteiger partial charge on any atom is -0.345 e. The molecule has 2 heterocycles. The Balaban J connectivity index is 1.41. The van der Waals surface area contributed by atoms with Gasteiger partial charge in [0, 0.05) is 17.2 Å². The van der Waals surface area contributed by atoms with E-state index in [-0.39, 0.29) is 11.7 Å². The average molecular weight is 337 g/mol. The van der Waals surface area contributed by atoms with Gasteiger partial charge < -0.3 is 5.32 Å². The van der Waals surface area contributed by atoms with Crippen LogP contribution in [0.25, 0.3) is 11.3 Å². The van der Waals surface area contributed by atoms with Crippen LogP contribution < -0.4 is 5.32 Å². The van der Waals surface area contributed by atoms with Crippen LogP contribution in [-0.4, -0.2) is 26.1 Å². The first-order valence-corrected chi connectivity index (χ1v) is 8.09. The van der Waals surface area contributed by atoms with Gasteiger partial charge >= 0.3 is 0 Å². The van der Waals surface area contributed by atoms with Crippen LogP contribution in [0.3, 0.4) is 0 Å². The SMILES string of the molecule is O=C(NCc1cc(C2CC2)ncn1)c1cc(-c2ccc(F)cc2)n[nH]1. The maximum Gasteiger partial charge on any atom is 0.269 e. The van der Waals surface area contributed by atoms with Crippen molar-refractivity contribution in [1.82, 2.24) is 25.5 Å². The number of hydrogen-bond acceptors (Lipinski definition) is 4. The second-order valence-corrected chi connectivity index (χ2v) is 6.06. The fourth-order valence-corrected chi connectivity index (χ4v) is 2.59. The molecule has 0 aliphatic heterocycles. The van der Waals surface area contributed by atoms with E-state index in [0.29, 0.717) is 23.9 Å². The van der Waals surface area contributed by atoms with E-state index in [1.807, 2.05) is 6.07 Å². The molecule has 2 aromatic heterocycles. The number of aromatic nitrogens is 4. The van der Waals surface area contributed by atoms with E-state index in [1.165, 1.54) is 31.3 Å². The zero-order valence-corrected chi connectivity index (χ0v) is 13.4. The van der Waals surface area contributed by atoms with Gasteiger partial charge in [0.05, 0.1) is 17.9 Å². The highest BCUT2D eigenvalue weighted by Gasteiger charge is 2.25. The summed E-state index contributed by atoms with van der Waals surface area (Å²) < 4.78 is 13.0. The van der Waals surface area contributed by atoms with Crippen molar-refractivity contribution in [1.29, 1.82) is 0 Å². The highest BCUT2D eigenvalue weighted by molar-refractivity contribution is 5.93. The Morgan fingerprint density at radius 3 is 2.76 bits per heavy atom. The first-order valence-electron chi connectivity index (χ1n) is 8.09. The number of carbonyl (C=O) groups is 1. The lowest BCUT2D eigenvalue weighted by molar-refractivity contribution is 0.0945. The van der Waals surface area contributed by atoms with Gasteiger partial charge in [-0.2, -0.15) is 5.10 Å². The molecule has 1 amide bonds. The van der Waals surface area contributed by atoms with Crippen molar-refractivity contribution in [3.05, 3.63) is 65.6 Å². The molecule has 1 aliphatic rings. The van der Waals surface area contributed by atoms with Crippen LogP contribution in [0.5, 0.6) is 0 Å². The van der Waals surface area contributed by atoms with Crippen molar-refractivity contribution in [2.75, 3.05) is 0 Å². The summed E-state index contributed by atoms with van der Waals surface area (Å²) in [5.74, 6) is -0.0385. The lowest BCUT2D eigenvalue weighted by Gasteiger charge is -2.04. The summed E-state index contributed by atoms with van der Waals surface area (Å²) in [7, 11) is 0. The fraction of sp³-hybridized carbons (Fsp3) is 0.222. The van der Waals surface area contributed by atoms with E-state index in [2.05, 4.69) is 25.5 Å². The molecule has 7 heteroatoms. The summed E-state index contributed by atoms with van der Waals surface area (Å²) in [5.41, 5.74) is 3.49. The smallest absolute Gasteiger partial charge is 0.269 e. The zero-order chi connectivity index (χ0) is 17.2. The topological polar surface area (TPSA) is 83.6 Å². The third-order valence-electron chi connectivity index (χ3n) is 4.13.